The molecule has 4 heterocycles. The molecule has 0 spiro atoms. The summed E-state index contributed by atoms with van der Waals surface area (Å²) >= 11 is 0. The van der Waals surface area contributed by atoms with Gasteiger partial charge in [0.15, 0.2) is 0 Å². The summed E-state index contributed by atoms with van der Waals surface area (Å²) in [4.78, 5) is 10.3. The summed E-state index contributed by atoms with van der Waals surface area (Å²) in [6.07, 6.45) is 1.92. The molecule has 280 valence electrons. The van der Waals surface area contributed by atoms with Crippen LogP contribution >= 0.6 is 0 Å². The monoisotopic (exact) mass is 743 g/mol. The normalized spacial score (nSPS) is 12.2. The second-order valence-electron chi connectivity index (χ2n) is 16.1. The van der Waals surface area contributed by atoms with Gasteiger partial charge in [-0.3, -0.25) is 13.7 Å². The molecule has 0 aliphatic carbocycles. The van der Waals surface area contributed by atoms with Crippen LogP contribution in [0.3, 0.4) is 0 Å². The number of fused-ring (bicyclic) bond motifs is 7. The van der Waals surface area contributed by atoms with Gasteiger partial charge in [0, 0.05) is 39.9 Å². The fourth-order valence-electron chi connectivity index (χ4n) is 8.70. The molecule has 0 aliphatic rings. The first-order chi connectivity index (χ1) is 27.8. The first-order valence-corrected chi connectivity index (χ1v) is 20.1. The minimum atomic E-state index is 0.317. The Labute approximate surface area is 332 Å². The summed E-state index contributed by atoms with van der Waals surface area (Å²) in [6.45, 7) is 13.6. The molecule has 0 amide bonds. The third-order valence-corrected chi connectivity index (χ3v) is 11.5. The Bertz CT molecular complexity index is 3130. The Hall–Kier alpha value is -6.66. The van der Waals surface area contributed by atoms with Crippen molar-refractivity contribution in [3.63, 3.8) is 0 Å². The molecule has 10 rings (SSSR count). The zero-order valence-corrected chi connectivity index (χ0v) is 33.2. The van der Waals surface area contributed by atoms with E-state index in [4.69, 9.17) is 14.7 Å². The van der Waals surface area contributed by atoms with E-state index in [0.717, 1.165) is 67.1 Å². The summed E-state index contributed by atoms with van der Waals surface area (Å²) in [5.41, 5.74) is 11.4. The van der Waals surface area contributed by atoms with Crippen LogP contribution in [0.1, 0.15) is 76.0 Å². The number of imidazole rings is 1. The van der Waals surface area contributed by atoms with Crippen LogP contribution in [-0.2, 0) is 0 Å². The number of pyridine rings is 1. The number of nitrogens with zero attached hydrogens (tertiary/aromatic N) is 5. The van der Waals surface area contributed by atoms with Crippen molar-refractivity contribution < 1.29 is 4.74 Å². The van der Waals surface area contributed by atoms with Gasteiger partial charge in [-0.05, 0) is 95.1 Å². The molecule has 6 heteroatoms. The van der Waals surface area contributed by atoms with Crippen LogP contribution in [0.2, 0.25) is 0 Å². The van der Waals surface area contributed by atoms with E-state index in [9.17, 15) is 0 Å². The number of benzene rings is 6. The van der Waals surface area contributed by atoms with Crippen molar-refractivity contribution >= 4 is 54.6 Å². The van der Waals surface area contributed by atoms with Gasteiger partial charge in [0.2, 0.25) is 5.95 Å². The Morgan fingerprint density at radius 3 is 1.61 bits per heavy atom. The fourth-order valence-corrected chi connectivity index (χ4v) is 8.70. The van der Waals surface area contributed by atoms with Crippen LogP contribution < -0.4 is 4.74 Å². The second kappa shape index (κ2) is 13.5. The fraction of sp³-hybridized carbons (Fsp3) is 0.176. The van der Waals surface area contributed by atoms with E-state index in [2.05, 4.69) is 195 Å². The largest absolute Gasteiger partial charge is 0.457 e. The number of aromatic nitrogens is 5. The molecular weight excluding hydrogens is 699 g/mol. The summed E-state index contributed by atoms with van der Waals surface area (Å²) in [7, 11) is 0. The summed E-state index contributed by atoms with van der Waals surface area (Å²) in [5.74, 6) is 4.29. The molecule has 0 N–H and O–H groups in total. The van der Waals surface area contributed by atoms with Gasteiger partial charge < -0.3 is 4.74 Å². The zero-order chi connectivity index (χ0) is 38.9. The topological polar surface area (TPSA) is 49.8 Å². The Kier molecular flexibility index (Phi) is 8.26. The average molecular weight is 744 g/mol. The van der Waals surface area contributed by atoms with Crippen molar-refractivity contribution in [3.8, 4) is 29.0 Å². The lowest BCUT2D eigenvalue weighted by Crippen LogP contribution is -2.11. The molecule has 0 radical (unpaired) electrons. The van der Waals surface area contributed by atoms with Gasteiger partial charge in [-0.15, -0.1) is 0 Å². The first-order valence-electron chi connectivity index (χ1n) is 20.1. The van der Waals surface area contributed by atoms with Crippen LogP contribution in [0, 0.1) is 0 Å². The van der Waals surface area contributed by atoms with Crippen molar-refractivity contribution in [1.29, 1.82) is 0 Å². The number of rotatable bonds is 8. The number of ether oxygens (including phenoxy) is 1. The van der Waals surface area contributed by atoms with E-state index >= 15 is 0 Å². The Balaban J connectivity index is 1.18. The SMILES string of the molecule is CC(C)c1ccnc(-n2c3ccccc3c3ccc(Oc4ccc5c6ccccc6n(-c6nc7ccccc7n6-c6c(C(C)C)cccc6C(C)C)c5c4)cc32)c1. The van der Waals surface area contributed by atoms with E-state index in [-0.39, 0.29) is 0 Å². The molecule has 57 heavy (non-hydrogen) atoms. The standard InChI is InChI=1S/C51H45N5O/c1-31(2)34-26-27-52-49(28-34)54-44-19-10-7-14-39(44)41-24-22-35(29-47(41)54)57-36-23-25-42-40-15-8-11-20-45(40)55(48(42)30-36)51-53-43-18-9-12-21-46(43)56(51)50-37(32(3)4)16-13-17-38(50)33(5)6/h7-33H,1-6H3. The van der Waals surface area contributed by atoms with Gasteiger partial charge in [0.05, 0.1) is 38.8 Å². The van der Waals surface area contributed by atoms with Crippen LogP contribution in [0.25, 0.3) is 72.1 Å². The van der Waals surface area contributed by atoms with Crippen LogP contribution in [0.15, 0.2) is 146 Å². The van der Waals surface area contributed by atoms with E-state index < -0.39 is 0 Å². The molecule has 0 saturated carbocycles. The third-order valence-electron chi connectivity index (χ3n) is 11.5. The lowest BCUT2D eigenvalue weighted by Gasteiger charge is -2.23. The quantitative estimate of drug-likeness (QED) is 0.156. The van der Waals surface area contributed by atoms with E-state index in [1.807, 2.05) is 6.20 Å². The summed E-state index contributed by atoms with van der Waals surface area (Å²) in [5, 5.41) is 4.65. The van der Waals surface area contributed by atoms with E-state index in [0.29, 0.717) is 17.8 Å². The summed E-state index contributed by atoms with van der Waals surface area (Å²) < 4.78 is 13.8. The maximum absolute atomic E-state index is 6.83. The molecule has 6 nitrogen and oxygen atoms in total. The average Bonchev–Trinajstić information content (AvgIpc) is 3.87. The number of hydrogen-bond acceptors (Lipinski definition) is 3. The highest BCUT2D eigenvalue weighted by Gasteiger charge is 2.25. The van der Waals surface area contributed by atoms with Gasteiger partial charge in [-0.25, -0.2) is 9.97 Å². The van der Waals surface area contributed by atoms with Gasteiger partial charge in [0.1, 0.15) is 17.3 Å². The lowest BCUT2D eigenvalue weighted by molar-refractivity contribution is 0.484. The molecular formula is C51H45N5O. The maximum Gasteiger partial charge on any atom is 0.220 e. The van der Waals surface area contributed by atoms with Crippen LogP contribution in [0.5, 0.6) is 11.5 Å². The molecule has 0 saturated heterocycles. The predicted molar refractivity (Wildman–Crippen MR) is 236 cm³/mol. The number of hydrogen-bond donors (Lipinski definition) is 0. The van der Waals surface area contributed by atoms with Crippen molar-refractivity contribution in [1.82, 2.24) is 23.7 Å². The Morgan fingerprint density at radius 1 is 0.456 bits per heavy atom. The first kappa shape index (κ1) is 34.8. The highest BCUT2D eigenvalue weighted by molar-refractivity contribution is 6.10. The zero-order valence-electron chi connectivity index (χ0n) is 33.2. The van der Waals surface area contributed by atoms with Crippen LogP contribution in [-0.4, -0.2) is 23.7 Å². The summed E-state index contributed by atoms with van der Waals surface area (Å²) in [6, 6.07) is 49.6. The van der Waals surface area contributed by atoms with Crippen molar-refractivity contribution in [2.24, 2.45) is 0 Å². The molecule has 6 aromatic carbocycles. The van der Waals surface area contributed by atoms with Crippen molar-refractivity contribution in [2.75, 3.05) is 0 Å². The molecule has 0 atom stereocenters. The highest BCUT2D eigenvalue weighted by atomic mass is 16.5. The maximum atomic E-state index is 6.83. The minimum absolute atomic E-state index is 0.317. The Morgan fingerprint density at radius 2 is 1.00 bits per heavy atom. The molecule has 0 bridgehead atoms. The van der Waals surface area contributed by atoms with Crippen molar-refractivity contribution in [2.45, 2.75) is 59.3 Å². The van der Waals surface area contributed by atoms with Gasteiger partial charge in [-0.1, -0.05) is 108 Å². The van der Waals surface area contributed by atoms with Gasteiger partial charge in [-0.2, -0.15) is 0 Å². The lowest BCUT2D eigenvalue weighted by atomic mass is 9.92. The van der Waals surface area contributed by atoms with Crippen LogP contribution in [0.4, 0.5) is 0 Å². The van der Waals surface area contributed by atoms with Gasteiger partial charge in [0.25, 0.3) is 0 Å². The van der Waals surface area contributed by atoms with Crippen molar-refractivity contribution in [3.05, 3.63) is 162 Å². The molecule has 4 aromatic heterocycles. The van der Waals surface area contributed by atoms with E-state index in [1.54, 1.807) is 0 Å². The van der Waals surface area contributed by atoms with Gasteiger partial charge >= 0.3 is 0 Å². The number of para-hydroxylation sites is 5. The third kappa shape index (κ3) is 5.61. The molecule has 0 fully saturated rings. The highest BCUT2D eigenvalue weighted by Crippen LogP contribution is 2.41. The second-order valence-corrected chi connectivity index (χ2v) is 16.1. The molecule has 0 unspecified atom stereocenters. The minimum Gasteiger partial charge on any atom is -0.457 e. The predicted octanol–water partition coefficient (Wildman–Crippen LogP) is 13.8. The molecule has 0 aliphatic heterocycles. The van der Waals surface area contributed by atoms with E-state index in [1.165, 1.54) is 33.2 Å². The smallest absolute Gasteiger partial charge is 0.220 e. The molecule has 10 aromatic rings.